The molecule has 33 heavy (non-hydrogen) atoms. The highest BCUT2D eigenvalue weighted by Crippen LogP contribution is 2.40. The number of nitrogens with zero attached hydrogens (tertiary/aromatic N) is 4. The van der Waals surface area contributed by atoms with Gasteiger partial charge in [0.25, 0.3) is 0 Å². The summed E-state index contributed by atoms with van der Waals surface area (Å²) in [6.45, 7) is 0. The van der Waals surface area contributed by atoms with E-state index in [4.69, 9.17) is 21.8 Å². The van der Waals surface area contributed by atoms with Gasteiger partial charge >= 0.3 is 5.97 Å². The van der Waals surface area contributed by atoms with Gasteiger partial charge in [-0.25, -0.2) is 9.98 Å². The van der Waals surface area contributed by atoms with E-state index in [0.717, 1.165) is 22.3 Å². The Labute approximate surface area is 188 Å². The van der Waals surface area contributed by atoms with Gasteiger partial charge in [0, 0.05) is 5.56 Å². The van der Waals surface area contributed by atoms with Gasteiger partial charge in [-0.05, 0) is 22.3 Å². The fourth-order valence-corrected chi connectivity index (χ4v) is 3.67. The van der Waals surface area contributed by atoms with E-state index in [1.54, 1.807) is 12.1 Å². The molecule has 1 aliphatic heterocycles. The highest BCUT2D eigenvalue weighted by atomic mass is 16.4. The van der Waals surface area contributed by atoms with Crippen molar-refractivity contribution in [1.82, 2.24) is 10.3 Å². The molecule has 4 rings (SSSR count). The summed E-state index contributed by atoms with van der Waals surface area (Å²) in [7, 11) is 0. The molecule has 0 saturated carbocycles. The van der Waals surface area contributed by atoms with Crippen molar-refractivity contribution in [3.05, 3.63) is 70.8 Å². The van der Waals surface area contributed by atoms with Gasteiger partial charge in [-0.3, -0.25) is 10.1 Å². The summed E-state index contributed by atoms with van der Waals surface area (Å²) in [5.74, 6) is -0.390. The van der Waals surface area contributed by atoms with Crippen LogP contribution in [-0.4, -0.2) is 22.0 Å². The molecule has 2 aromatic carbocycles. The first-order chi connectivity index (χ1) is 15.9. The van der Waals surface area contributed by atoms with Crippen LogP contribution < -0.4 is 22.1 Å². The van der Waals surface area contributed by atoms with Crippen LogP contribution in [0.4, 0.5) is 17.3 Å². The summed E-state index contributed by atoms with van der Waals surface area (Å²) in [6.07, 6.45) is 1.78. The number of guanidine groups is 1. The van der Waals surface area contributed by atoms with Gasteiger partial charge in [-0.15, -0.1) is 0 Å². The Kier molecular flexibility index (Phi) is 5.49. The van der Waals surface area contributed by atoms with Gasteiger partial charge in [0.2, 0.25) is 5.96 Å². The van der Waals surface area contributed by atoms with Crippen LogP contribution in [0.2, 0.25) is 0 Å². The summed E-state index contributed by atoms with van der Waals surface area (Å²) < 4.78 is 0. The molecule has 162 valence electrons. The molecule has 7 N–H and O–H groups in total. The number of hydrogen-bond donors (Lipinski definition) is 5. The predicted octanol–water partition coefficient (Wildman–Crippen LogP) is 2.35. The number of pyridine rings is 1. The highest BCUT2D eigenvalue weighted by Gasteiger charge is 2.29. The lowest BCUT2D eigenvalue weighted by Gasteiger charge is -2.26. The van der Waals surface area contributed by atoms with Crippen molar-refractivity contribution < 1.29 is 9.90 Å². The van der Waals surface area contributed by atoms with Crippen molar-refractivity contribution in [2.75, 3.05) is 16.8 Å². The number of aromatic nitrogens is 1. The summed E-state index contributed by atoms with van der Waals surface area (Å²) in [4.78, 5) is 19.6. The topological polar surface area (TPSA) is 186 Å². The van der Waals surface area contributed by atoms with Crippen LogP contribution >= 0.6 is 0 Å². The lowest BCUT2D eigenvalue weighted by Crippen LogP contribution is -2.32. The summed E-state index contributed by atoms with van der Waals surface area (Å²) in [5.41, 5.74) is 16.2. The Balaban J connectivity index is 1.72. The summed E-state index contributed by atoms with van der Waals surface area (Å²) in [5, 5.41) is 32.7. The third-order valence-corrected chi connectivity index (χ3v) is 5.23. The third kappa shape index (κ3) is 4.09. The number of anilines is 3. The standard InChI is InChI=1S/C23H18N8O2/c24-10-16-19(26)18-20(29-23(28-11-25)31-22(18)30-21(16)27)15-7-5-14(6-8-15)13-3-1-12(2-4-13)9-17(32)33/h1-8,20H,9H2,(H,32,33)(H6,26,27,28,29,30,31). The van der Waals surface area contributed by atoms with E-state index in [2.05, 4.69) is 20.6 Å². The van der Waals surface area contributed by atoms with Crippen LogP contribution in [-0.2, 0) is 11.2 Å². The second-order valence-corrected chi connectivity index (χ2v) is 7.29. The van der Waals surface area contributed by atoms with Gasteiger partial charge in [0.05, 0.1) is 12.1 Å². The molecule has 2 heterocycles. The smallest absolute Gasteiger partial charge is 0.307 e. The number of aliphatic imine (C=N–C) groups is 1. The predicted molar refractivity (Wildman–Crippen MR) is 123 cm³/mol. The van der Waals surface area contributed by atoms with Crippen molar-refractivity contribution in [2.45, 2.75) is 12.5 Å². The highest BCUT2D eigenvalue weighted by molar-refractivity contribution is 5.98. The van der Waals surface area contributed by atoms with Crippen LogP contribution in [0.15, 0.2) is 53.5 Å². The minimum atomic E-state index is -0.879. The number of nitriles is 2. The van der Waals surface area contributed by atoms with Crippen molar-refractivity contribution in [2.24, 2.45) is 4.99 Å². The fourth-order valence-electron chi connectivity index (χ4n) is 3.67. The number of hydrogen-bond acceptors (Lipinski definition) is 9. The summed E-state index contributed by atoms with van der Waals surface area (Å²) >= 11 is 0. The molecule has 10 nitrogen and oxygen atoms in total. The van der Waals surface area contributed by atoms with Gasteiger partial charge in [-0.2, -0.15) is 10.5 Å². The molecule has 0 fully saturated rings. The molecule has 1 atom stereocenters. The van der Waals surface area contributed by atoms with Gasteiger partial charge in [0.1, 0.15) is 29.3 Å². The number of benzene rings is 2. The number of carboxylic acids is 1. The average molecular weight is 438 g/mol. The molecule has 0 bridgehead atoms. The first-order valence-electron chi connectivity index (χ1n) is 9.81. The van der Waals surface area contributed by atoms with Crippen LogP contribution in [0.3, 0.4) is 0 Å². The molecule has 0 aliphatic carbocycles. The van der Waals surface area contributed by atoms with Crippen molar-refractivity contribution in [3.63, 3.8) is 0 Å². The number of nitrogens with two attached hydrogens (primary N) is 2. The maximum atomic E-state index is 10.9. The number of nitrogen functional groups attached to an aromatic ring is 2. The van der Waals surface area contributed by atoms with Crippen LogP contribution in [0, 0.1) is 22.8 Å². The van der Waals surface area contributed by atoms with E-state index < -0.39 is 12.0 Å². The van der Waals surface area contributed by atoms with Crippen molar-refractivity contribution >= 4 is 29.3 Å². The first kappa shape index (κ1) is 21.2. The number of carbonyl (C=O) groups is 1. The SMILES string of the molecule is N#CNC1=NC(c2ccc(-c3ccc(CC(=O)O)cc3)cc2)c2c(nc(N)c(C#N)c2N)N1. The number of carboxylic acid groups (broad SMARTS) is 1. The van der Waals surface area contributed by atoms with Crippen LogP contribution in [0.1, 0.15) is 28.3 Å². The Morgan fingerprint density at radius 2 is 1.73 bits per heavy atom. The van der Waals surface area contributed by atoms with Crippen molar-refractivity contribution in [1.29, 1.82) is 10.5 Å². The normalized spacial score (nSPS) is 14.1. The fraction of sp³-hybridized carbons (Fsp3) is 0.0870. The lowest BCUT2D eigenvalue weighted by molar-refractivity contribution is -0.136. The van der Waals surface area contributed by atoms with Crippen LogP contribution in [0.25, 0.3) is 11.1 Å². The number of rotatable bonds is 4. The van der Waals surface area contributed by atoms with E-state index in [9.17, 15) is 10.1 Å². The Hall–Kier alpha value is -5.09. The molecule has 3 aromatic rings. The maximum absolute atomic E-state index is 10.9. The van der Waals surface area contributed by atoms with E-state index in [1.165, 1.54) is 0 Å². The maximum Gasteiger partial charge on any atom is 0.307 e. The molecule has 1 aromatic heterocycles. The molecule has 1 unspecified atom stereocenters. The van der Waals surface area contributed by atoms with Gasteiger partial charge in [-0.1, -0.05) is 48.5 Å². The Morgan fingerprint density at radius 1 is 1.09 bits per heavy atom. The molecule has 0 amide bonds. The number of fused-ring (bicyclic) bond motifs is 1. The zero-order chi connectivity index (χ0) is 23.5. The number of nitrogens with one attached hydrogen (secondary N) is 2. The molecular formula is C23H18N8O2. The van der Waals surface area contributed by atoms with Gasteiger partial charge in [0.15, 0.2) is 6.19 Å². The second-order valence-electron chi connectivity index (χ2n) is 7.29. The second kappa shape index (κ2) is 8.57. The molecule has 10 heteroatoms. The average Bonchev–Trinajstić information content (AvgIpc) is 2.79. The van der Waals surface area contributed by atoms with Gasteiger partial charge < -0.3 is 21.9 Å². The summed E-state index contributed by atoms with van der Waals surface area (Å²) in [6, 6.07) is 16.2. The van der Waals surface area contributed by atoms with E-state index in [0.29, 0.717) is 11.4 Å². The molecule has 0 saturated heterocycles. The first-order valence-corrected chi connectivity index (χ1v) is 9.81. The van der Waals surface area contributed by atoms with Crippen LogP contribution in [0.5, 0.6) is 0 Å². The number of aliphatic carboxylic acids is 1. The zero-order valence-electron chi connectivity index (χ0n) is 17.2. The quantitative estimate of drug-likeness (QED) is 0.301. The molecule has 1 aliphatic rings. The minimum absolute atomic E-state index is 0.0140. The molecule has 0 radical (unpaired) electrons. The van der Waals surface area contributed by atoms with Crippen molar-refractivity contribution in [3.8, 4) is 23.4 Å². The van der Waals surface area contributed by atoms with E-state index in [1.807, 2.05) is 48.7 Å². The largest absolute Gasteiger partial charge is 0.481 e. The zero-order valence-corrected chi connectivity index (χ0v) is 17.2. The minimum Gasteiger partial charge on any atom is -0.481 e. The molecular weight excluding hydrogens is 420 g/mol. The third-order valence-electron chi connectivity index (χ3n) is 5.23. The van der Waals surface area contributed by atoms with E-state index in [-0.39, 0.29) is 29.4 Å². The Bertz CT molecular complexity index is 1350. The Morgan fingerprint density at radius 3 is 2.30 bits per heavy atom. The van der Waals surface area contributed by atoms with E-state index >= 15 is 0 Å². The lowest BCUT2D eigenvalue weighted by atomic mass is 9.93. The monoisotopic (exact) mass is 438 g/mol. The molecule has 0 spiro atoms.